The van der Waals surface area contributed by atoms with Gasteiger partial charge >= 0.3 is 0 Å². The van der Waals surface area contributed by atoms with Crippen LogP contribution in [0.2, 0.25) is 5.02 Å². The predicted octanol–water partition coefficient (Wildman–Crippen LogP) is 3.99. The smallest absolute Gasteiger partial charge is 0.0454 e. The SMILES string of the molecule is CC(C)(C)[C@H](N)c1cc(I)ccc1Cl. The van der Waals surface area contributed by atoms with E-state index in [1.54, 1.807) is 0 Å². The Morgan fingerprint density at radius 1 is 1.36 bits per heavy atom. The number of benzene rings is 1. The summed E-state index contributed by atoms with van der Waals surface area (Å²) >= 11 is 8.38. The van der Waals surface area contributed by atoms with Gasteiger partial charge in [0.2, 0.25) is 0 Å². The minimum Gasteiger partial charge on any atom is -0.323 e. The van der Waals surface area contributed by atoms with Crippen molar-refractivity contribution >= 4 is 34.2 Å². The Bertz CT molecular complexity index is 331. The van der Waals surface area contributed by atoms with Crippen LogP contribution in [0.3, 0.4) is 0 Å². The highest BCUT2D eigenvalue weighted by Gasteiger charge is 2.24. The summed E-state index contributed by atoms with van der Waals surface area (Å²) in [5.41, 5.74) is 7.22. The molecule has 0 spiro atoms. The highest BCUT2D eigenvalue weighted by atomic mass is 127. The van der Waals surface area contributed by atoms with Crippen molar-refractivity contribution < 1.29 is 0 Å². The van der Waals surface area contributed by atoms with E-state index in [-0.39, 0.29) is 11.5 Å². The van der Waals surface area contributed by atoms with Gasteiger partial charge in [0, 0.05) is 14.6 Å². The zero-order valence-corrected chi connectivity index (χ0v) is 11.6. The van der Waals surface area contributed by atoms with E-state index in [1.807, 2.05) is 12.1 Å². The summed E-state index contributed by atoms with van der Waals surface area (Å²) in [6.07, 6.45) is 0. The number of nitrogens with two attached hydrogens (primary N) is 1. The maximum Gasteiger partial charge on any atom is 0.0454 e. The first-order valence-corrected chi connectivity index (χ1v) is 5.98. The average molecular weight is 324 g/mol. The molecule has 0 fully saturated rings. The predicted molar refractivity (Wildman–Crippen MR) is 70.6 cm³/mol. The fourth-order valence-corrected chi connectivity index (χ4v) is 1.97. The zero-order chi connectivity index (χ0) is 10.9. The van der Waals surface area contributed by atoms with Gasteiger partial charge in [0.05, 0.1) is 0 Å². The van der Waals surface area contributed by atoms with Gasteiger partial charge in [0.1, 0.15) is 0 Å². The fourth-order valence-electron chi connectivity index (χ4n) is 1.22. The summed E-state index contributed by atoms with van der Waals surface area (Å²) in [4.78, 5) is 0. The molecule has 1 atom stereocenters. The summed E-state index contributed by atoms with van der Waals surface area (Å²) in [5, 5.41) is 0.757. The molecule has 0 saturated carbocycles. The molecule has 0 unspecified atom stereocenters. The van der Waals surface area contributed by atoms with Crippen LogP contribution in [0.1, 0.15) is 32.4 Å². The molecular formula is C11H15ClIN. The van der Waals surface area contributed by atoms with Crippen LogP contribution in [0.5, 0.6) is 0 Å². The zero-order valence-electron chi connectivity index (χ0n) is 8.64. The van der Waals surface area contributed by atoms with Crippen LogP contribution in [-0.4, -0.2) is 0 Å². The lowest BCUT2D eigenvalue weighted by atomic mass is 9.83. The van der Waals surface area contributed by atoms with Crippen LogP contribution in [-0.2, 0) is 0 Å². The van der Waals surface area contributed by atoms with E-state index in [4.69, 9.17) is 17.3 Å². The van der Waals surface area contributed by atoms with E-state index in [0.29, 0.717) is 0 Å². The number of halogens is 2. The van der Waals surface area contributed by atoms with E-state index in [0.717, 1.165) is 10.6 Å². The molecule has 3 heteroatoms. The monoisotopic (exact) mass is 323 g/mol. The Labute approximate surface area is 104 Å². The van der Waals surface area contributed by atoms with Crippen LogP contribution in [0, 0.1) is 8.99 Å². The number of hydrogen-bond donors (Lipinski definition) is 1. The number of rotatable bonds is 1. The van der Waals surface area contributed by atoms with Crippen molar-refractivity contribution in [1.29, 1.82) is 0 Å². The molecule has 1 aromatic rings. The standard InChI is InChI=1S/C11H15ClIN/c1-11(2,3)10(14)8-6-7(13)4-5-9(8)12/h4-6,10H,14H2,1-3H3/t10-/m1/s1. The maximum atomic E-state index is 6.15. The van der Waals surface area contributed by atoms with Crippen LogP contribution in [0.4, 0.5) is 0 Å². The minimum absolute atomic E-state index is 0.0234. The van der Waals surface area contributed by atoms with Crippen molar-refractivity contribution in [2.24, 2.45) is 11.1 Å². The molecule has 0 amide bonds. The molecule has 1 aromatic carbocycles. The van der Waals surface area contributed by atoms with Gasteiger partial charge in [0.25, 0.3) is 0 Å². The van der Waals surface area contributed by atoms with Crippen molar-refractivity contribution in [3.05, 3.63) is 32.4 Å². The van der Waals surface area contributed by atoms with Crippen molar-refractivity contribution in [1.82, 2.24) is 0 Å². The first-order valence-electron chi connectivity index (χ1n) is 4.53. The van der Waals surface area contributed by atoms with E-state index in [2.05, 4.69) is 49.4 Å². The largest absolute Gasteiger partial charge is 0.323 e. The third-order valence-electron chi connectivity index (χ3n) is 2.23. The van der Waals surface area contributed by atoms with Crippen LogP contribution < -0.4 is 5.73 Å². The highest BCUT2D eigenvalue weighted by molar-refractivity contribution is 14.1. The molecular weight excluding hydrogens is 308 g/mol. The molecule has 14 heavy (non-hydrogen) atoms. The fraction of sp³-hybridized carbons (Fsp3) is 0.455. The summed E-state index contributed by atoms with van der Waals surface area (Å²) < 4.78 is 1.17. The summed E-state index contributed by atoms with van der Waals surface area (Å²) in [6, 6.07) is 5.93. The van der Waals surface area contributed by atoms with Gasteiger partial charge in [-0.2, -0.15) is 0 Å². The normalized spacial score (nSPS) is 14.1. The Balaban J connectivity index is 3.12. The first-order chi connectivity index (χ1) is 6.32. The van der Waals surface area contributed by atoms with Crippen molar-refractivity contribution in [2.75, 3.05) is 0 Å². The molecule has 1 nitrogen and oxygen atoms in total. The van der Waals surface area contributed by atoms with E-state index in [9.17, 15) is 0 Å². The molecule has 2 N–H and O–H groups in total. The van der Waals surface area contributed by atoms with Gasteiger partial charge in [-0.25, -0.2) is 0 Å². The quantitative estimate of drug-likeness (QED) is 0.777. The van der Waals surface area contributed by atoms with Crippen molar-refractivity contribution in [2.45, 2.75) is 26.8 Å². The summed E-state index contributed by atoms with van der Waals surface area (Å²) in [5.74, 6) is 0. The van der Waals surface area contributed by atoms with Crippen LogP contribution in [0.25, 0.3) is 0 Å². The molecule has 0 radical (unpaired) electrons. The van der Waals surface area contributed by atoms with Crippen LogP contribution >= 0.6 is 34.2 Å². The number of hydrogen-bond acceptors (Lipinski definition) is 1. The van der Waals surface area contributed by atoms with Crippen molar-refractivity contribution in [3.8, 4) is 0 Å². The second kappa shape index (κ2) is 4.37. The van der Waals surface area contributed by atoms with E-state index in [1.165, 1.54) is 3.57 Å². The third-order valence-corrected chi connectivity index (χ3v) is 3.24. The molecule has 78 valence electrons. The topological polar surface area (TPSA) is 26.0 Å². The lowest BCUT2D eigenvalue weighted by molar-refractivity contribution is 0.327. The van der Waals surface area contributed by atoms with Gasteiger partial charge in [-0.1, -0.05) is 32.4 Å². The lowest BCUT2D eigenvalue weighted by Gasteiger charge is -2.28. The molecule has 0 heterocycles. The summed E-state index contributed by atoms with van der Waals surface area (Å²) in [6.45, 7) is 6.36. The minimum atomic E-state index is -0.0234. The van der Waals surface area contributed by atoms with Gasteiger partial charge in [0.15, 0.2) is 0 Å². The Morgan fingerprint density at radius 2 is 1.93 bits per heavy atom. The second-order valence-corrected chi connectivity index (χ2v) is 6.16. The van der Waals surface area contributed by atoms with E-state index >= 15 is 0 Å². The lowest BCUT2D eigenvalue weighted by Crippen LogP contribution is -2.26. The van der Waals surface area contributed by atoms with Gasteiger partial charge < -0.3 is 5.73 Å². The highest BCUT2D eigenvalue weighted by Crippen LogP contribution is 2.34. The molecule has 0 saturated heterocycles. The molecule has 0 bridgehead atoms. The second-order valence-electron chi connectivity index (χ2n) is 4.51. The molecule has 1 rings (SSSR count). The van der Waals surface area contributed by atoms with E-state index < -0.39 is 0 Å². The van der Waals surface area contributed by atoms with Gasteiger partial charge in [-0.15, -0.1) is 0 Å². The Hall–Kier alpha value is 0.200. The summed E-state index contributed by atoms with van der Waals surface area (Å²) in [7, 11) is 0. The van der Waals surface area contributed by atoms with Crippen molar-refractivity contribution in [3.63, 3.8) is 0 Å². The van der Waals surface area contributed by atoms with Crippen LogP contribution in [0.15, 0.2) is 18.2 Å². The van der Waals surface area contributed by atoms with Gasteiger partial charge in [-0.3, -0.25) is 0 Å². The first kappa shape index (κ1) is 12.3. The maximum absolute atomic E-state index is 6.15. The molecule has 0 aromatic heterocycles. The Kier molecular flexibility index (Phi) is 3.83. The molecule has 0 aliphatic heterocycles. The molecule has 0 aliphatic carbocycles. The van der Waals surface area contributed by atoms with Gasteiger partial charge in [-0.05, 0) is 51.8 Å². The molecule has 0 aliphatic rings. The average Bonchev–Trinajstić information content (AvgIpc) is 2.06. The third kappa shape index (κ3) is 2.84. The Morgan fingerprint density at radius 3 is 2.43 bits per heavy atom.